The van der Waals surface area contributed by atoms with Crippen molar-refractivity contribution in [2.24, 2.45) is 0 Å². The largest absolute Gasteiger partial charge is 0.346 e. The molecule has 2 amide bonds. The second kappa shape index (κ2) is 7.56. The van der Waals surface area contributed by atoms with Crippen LogP contribution in [0.15, 0.2) is 28.7 Å². The summed E-state index contributed by atoms with van der Waals surface area (Å²) in [6, 6.07) is 7.54. The second-order valence-corrected chi connectivity index (χ2v) is 5.92. The van der Waals surface area contributed by atoms with E-state index in [0.29, 0.717) is 18.3 Å². The van der Waals surface area contributed by atoms with Crippen molar-refractivity contribution in [3.63, 3.8) is 0 Å². The number of anilines is 1. The van der Waals surface area contributed by atoms with E-state index < -0.39 is 11.8 Å². The van der Waals surface area contributed by atoms with E-state index in [1.807, 2.05) is 12.1 Å². The lowest BCUT2D eigenvalue weighted by Crippen LogP contribution is -2.43. The Bertz CT molecular complexity index is 521. The van der Waals surface area contributed by atoms with Crippen molar-refractivity contribution < 1.29 is 9.59 Å². The van der Waals surface area contributed by atoms with E-state index in [4.69, 9.17) is 0 Å². The normalized spacial score (nSPS) is 18.5. The molecule has 0 radical (unpaired) electrons. The molecule has 114 valence electrons. The van der Waals surface area contributed by atoms with Crippen LogP contribution in [0.2, 0.25) is 0 Å². The Morgan fingerprint density at radius 1 is 1.33 bits per heavy atom. The average molecular weight is 354 g/mol. The molecular formula is C15H20BrN3O2. The van der Waals surface area contributed by atoms with Crippen molar-refractivity contribution in [3.05, 3.63) is 28.7 Å². The van der Waals surface area contributed by atoms with Crippen molar-refractivity contribution in [2.75, 3.05) is 25.0 Å². The number of carbonyl (C=O) groups is 2. The third-order valence-corrected chi connectivity index (χ3v) is 4.42. The van der Waals surface area contributed by atoms with E-state index in [9.17, 15) is 9.59 Å². The quantitative estimate of drug-likeness (QED) is 0.813. The van der Waals surface area contributed by atoms with Gasteiger partial charge in [0.05, 0.1) is 5.69 Å². The topological polar surface area (TPSA) is 61.4 Å². The van der Waals surface area contributed by atoms with Crippen molar-refractivity contribution in [3.8, 4) is 0 Å². The minimum Gasteiger partial charge on any atom is -0.346 e. The van der Waals surface area contributed by atoms with Gasteiger partial charge in [0, 0.05) is 17.1 Å². The highest BCUT2D eigenvalue weighted by molar-refractivity contribution is 9.10. The Kier molecular flexibility index (Phi) is 5.76. The zero-order chi connectivity index (χ0) is 15.2. The summed E-state index contributed by atoms with van der Waals surface area (Å²) in [7, 11) is 0. The lowest BCUT2D eigenvalue weighted by molar-refractivity contribution is -0.136. The predicted octanol–water partition coefficient (Wildman–Crippen LogP) is 1.99. The number of likely N-dealkylation sites (N-methyl/N-ethyl adjacent to an activating group) is 1. The number of likely N-dealkylation sites (tertiary alicyclic amines) is 1. The van der Waals surface area contributed by atoms with Crippen molar-refractivity contribution >= 4 is 33.4 Å². The number of carbonyl (C=O) groups excluding carboxylic acids is 2. The van der Waals surface area contributed by atoms with Crippen LogP contribution in [0, 0.1) is 0 Å². The molecule has 0 unspecified atom stereocenters. The number of rotatable bonds is 4. The first kappa shape index (κ1) is 16.0. The number of amides is 2. The molecule has 0 saturated carbocycles. The minimum atomic E-state index is -0.636. The Balaban J connectivity index is 1.83. The lowest BCUT2D eigenvalue weighted by atomic mass is 10.2. The van der Waals surface area contributed by atoms with Crippen LogP contribution in [-0.2, 0) is 9.59 Å². The molecule has 1 aromatic carbocycles. The van der Waals surface area contributed by atoms with Gasteiger partial charge in [-0.05, 0) is 54.0 Å². The van der Waals surface area contributed by atoms with Gasteiger partial charge in [0.1, 0.15) is 0 Å². The first-order valence-corrected chi connectivity index (χ1v) is 7.99. The summed E-state index contributed by atoms with van der Waals surface area (Å²) in [5.41, 5.74) is 0.591. The summed E-state index contributed by atoms with van der Waals surface area (Å²) >= 11 is 3.33. The van der Waals surface area contributed by atoms with Crippen LogP contribution in [0.3, 0.4) is 0 Å². The highest BCUT2D eigenvalue weighted by Crippen LogP contribution is 2.21. The molecule has 0 spiro atoms. The Morgan fingerprint density at radius 3 is 2.81 bits per heavy atom. The van der Waals surface area contributed by atoms with Crippen LogP contribution in [0.4, 0.5) is 5.69 Å². The van der Waals surface area contributed by atoms with Gasteiger partial charge in [0.15, 0.2) is 0 Å². The van der Waals surface area contributed by atoms with Crippen LogP contribution < -0.4 is 10.6 Å². The summed E-state index contributed by atoms with van der Waals surface area (Å²) in [6.07, 6.45) is 2.22. The molecule has 0 aliphatic carbocycles. The van der Waals surface area contributed by atoms with E-state index in [-0.39, 0.29) is 0 Å². The van der Waals surface area contributed by atoms with Gasteiger partial charge in [-0.15, -0.1) is 0 Å². The second-order valence-electron chi connectivity index (χ2n) is 5.07. The molecule has 1 aliphatic rings. The number of hydrogen-bond donors (Lipinski definition) is 2. The molecule has 1 aliphatic heterocycles. The Hall–Kier alpha value is -1.40. The van der Waals surface area contributed by atoms with Crippen LogP contribution in [0.5, 0.6) is 0 Å². The summed E-state index contributed by atoms with van der Waals surface area (Å²) in [4.78, 5) is 26.0. The van der Waals surface area contributed by atoms with Gasteiger partial charge >= 0.3 is 11.8 Å². The number of nitrogens with one attached hydrogen (secondary N) is 2. The Morgan fingerprint density at radius 2 is 2.10 bits per heavy atom. The van der Waals surface area contributed by atoms with Gasteiger partial charge in [0.2, 0.25) is 0 Å². The van der Waals surface area contributed by atoms with Crippen LogP contribution in [0.25, 0.3) is 0 Å². The van der Waals surface area contributed by atoms with E-state index in [1.165, 1.54) is 0 Å². The summed E-state index contributed by atoms with van der Waals surface area (Å²) in [5.74, 6) is -1.23. The standard InChI is InChI=1S/C15H20BrN3O2/c1-2-19-9-5-6-11(19)10-17-14(20)15(21)18-13-8-4-3-7-12(13)16/h3-4,7-8,11H,2,5-6,9-10H2,1H3,(H,17,20)(H,18,21)/t11-/m0/s1. The van der Waals surface area contributed by atoms with E-state index >= 15 is 0 Å². The molecule has 1 saturated heterocycles. The van der Waals surface area contributed by atoms with E-state index in [1.54, 1.807) is 12.1 Å². The van der Waals surface area contributed by atoms with E-state index in [2.05, 4.69) is 38.4 Å². The number of halogens is 1. The molecule has 2 rings (SSSR count). The molecule has 21 heavy (non-hydrogen) atoms. The maximum absolute atomic E-state index is 11.9. The van der Waals surface area contributed by atoms with Crippen molar-refractivity contribution in [1.82, 2.24) is 10.2 Å². The molecule has 6 heteroatoms. The van der Waals surface area contributed by atoms with Crippen LogP contribution >= 0.6 is 15.9 Å². The fraction of sp³-hybridized carbons (Fsp3) is 0.467. The predicted molar refractivity (Wildman–Crippen MR) is 86.1 cm³/mol. The number of benzene rings is 1. The number of nitrogens with zero attached hydrogens (tertiary/aromatic N) is 1. The van der Waals surface area contributed by atoms with Crippen molar-refractivity contribution in [1.29, 1.82) is 0 Å². The lowest BCUT2D eigenvalue weighted by Gasteiger charge is -2.22. The number of para-hydroxylation sites is 1. The maximum atomic E-state index is 11.9. The highest BCUT2D eigenvalue weighted by Gasteiger charge is 2.24. The summed E-state index contributed by atoms with van der Waals surface area (Å²) < 4.78 is 0.749. The third-order valence-electron chi connectivity index (χ3n) is 3.73. The molecule has 1 fully saturated rings. The monoisotopic (exact) mass is 353 g/mol. The van der Waals surface area contributed by atoms with Gasteiger partial charge in [-0.25, -0.2) is 0 Å². The number of hydrogen-bond acceptors (Lipinski definition) is 3. The Labute approximate surface area is 133 Å². The van der Waals surface area contributed by atoms with Gasteiger partial charge < -0.3 is 10.6 Å². The smallest absolute Gasteiger partial charge is 0.313 e. The zero-order valence-corrected chi connectivity index (χ0v) is 13.6. The molecule has 2 N–H and O–H groups in total. The SMILES string of the molecule is CCN1CCC[C@H]1CNC(=O)C(=O)Nc1ccccc1Br. The molecule has 5 nitrogen and oxygen atoms in total. The van der Waals surface area contributed by atoms with Gasteiger partial charge in [-0.2, -0.15) is 0 Å². The van der Waals surface area contributed by atoms with E-state index in [0.717, 1.165) is 30.4 Å². The fourth-order valence-electron chi connectivity index (χ4n) is 2.58. The minimum absolute atomic E-state index is 0.343. The van der Waals surface area contributed by atoms with Crippen LogP contribution in [-0.4, -0.2) is 42.4 Å². The van der Waals surface area contributed by atoms with Gasteiger partial charge in [0.25, 0.3) is 0 Å². The molecule has 0 bridgehead atoms. The first-order chi connectivity index (χ1) is 10.1. The third kappa shape index (κ3) is 4.28. The molecule has 1 heterocycles. The molecular weight excluding hydrogens is 334 g/mol. The fourth-order valence-corrected chi connectivity index (χ4v) is 2.96. The average Bonchev–Trinajstić information content (AvgIpc) is 2.94. The van der Waals surface area contributed by atoms with Crippen LogP contribution in [0.1, 0.15) is 19.8 Å². The van der Waals surface area contributed by atoms with Crippen molar-refractivity contribution in [2.45, 2.75) is 25.8 Å². The van der Waals surface area contributed by atoms with Gasteiger partial charge in [-0.3, -0.25) is 14.5 Å². The summed E-state index contributed by atoms with van der Waals surface area (Å²) in [6.45, 7) is 4.68. The van der Waals surface area contributed by atoms with Gasteiger partial charge in [-0.1, -0.05) is 19.1 Å². The zero-order valence-electron chi connectivity index (χ0n) is 12.1. The highest BCUT2D eigenvalue weighted by atomic mass is 79.9. The first-order valence-electron chi connectivity index (χ1n) is 7.19. The summed E-state index contributed by atoms with van der Waals surface area (Å²) in [5, 5.41) is 5.32. The molecule has 0 aromatic heterocycles. The molecule has 1 atom stereocenters. The molecule has 1 aromatic rings. The maximum Gasteiger partial charge on any atom is 0.313 e.